The second-order valence-corrected chi connectivity index (χ2v) is 8.39. The minimum Gasteiger partial charge on any atom is -0.505 e. The number of ketones is 1. The van der Waals surface area contributed by atoms with Gasteiger partial charge in [-0.05, 0) is 24.3 Å². The van der Waals surface area contributed by atoms with E-state index in [4.69, 9.17) is 11.1 Å². The molecule has 0 bridgehead atoms. The summed E-state index contributed by atoms with van der Waals surface area (Å²) in [6.07, 6.45) is 1.08. The summed E-state index contributed by atoms with van der Waals surface area (Å²) >= 11 is 0. The summed E-state index contributed by atoms with van der Waals surface area (Å²) in [6, 6.07) is 15.9. The number of rotatable bonds is 6. The summed E-state index contributed by atoms with van der Waals surface area (Å²) < 4.78 is 0. The molecular formula is C24H25N5O4. The number of anilines is 2. The smallest absolute Gasteiger partial charge is 0.272 e. The first kappa shape index (κ1) is 23.3. The maximum absolute atomic E-state index is 13.2. The Morgan fingerprint density at radius 1 is 1.03 bits per heavy atom. The number of hydrazine groups is 1. The highest BCUT2D eigenvalue weighted by Gasteiger charge is 2.38. The summed E-state index contributed by atoms with van der Waals surface area (Å²) in [5.41, 5.74) is 7.79. The summed E-state index contributed by atoms with van der Waals surface area (Å²) in [4.78, 5) is 37.5. The summed E-state index contributed by atoms with van der Waals surface area (Å²) in [6.45, 7) is 5.03. The third kappa shape index (κ3) is 4.93. The van der Waals surface area contributed by atoms with E-state index in [1.807, 2.05) is 30.3 Å². The third-order valence-electron chi connectivity index (χ3n) is 4.87. The molecule has 0 saturated carbocycles. The first-order chi connectivity index (χ1) is 15.5. The quantitative estimate of drug-likeness (QED) is 0.430. The van der Waals surface area contributed by atoms with Crippen LogP contribution in [0.1, 0.15) is 31.1 Å². The lowest BCUT2D eigenvalue weighted by molar-refractivity contribution is -0.121. The fraction of sp³-hybridized carbons (Fsp3) is 0.167. The molecule has 1 aliphatic rings. The Hall–Kier alpha value is -4.40. The Morgan fingerprint density at radius 3 is 2.24 bits per heavy atom. The van der Waals surface area contributed by atoms with Crippen molar-refractivity contribution in [2.45, 2.75) is 20.8 Å². The van der Waals surface area contributed by atoms with Crippen molar-refractivity contribution in [3.63, 3.8) is 0 Å². The van der Waals surface area contributed by atoms with Crippen LogP contribution >= 0.6 is 0 Å². The number of carbonyl (C=O) groups excluding carboxylic acids is 3. The number of amides is 2. The van der Waals surface area contributed by atoms with E-state index in [2.05, 4.69) is 10.7 Å². The van der Waals surface area contributed by atoms with Gasteiger partial charge >= 0.3 is 0 Å². The van der Waals surface area contributed by atoms with Crippen LogP contribution in [0.5, 0.6) is 0 Å². The van der Waals surface area contributed by atoms with Crippen LogP contribution in [-0.2, 0) is 9.59 Å². The molecule has 1 aliphatic heterocycles. The van der Waals surface area contributed by atoms with Crippen molar-refractivity contribution in [1.82, 2.24) is 10.4 Å². The number of nitrogens with two attached hydrogens (primary N) is 1. The largest absolute Gasteiger partial charge is 0.505 e. The predicted molar refractivity (Wildman–Crippen MR) is 125 cm³/mol. The molecule has 9 heteroatoms. The van der Waals surface area contributed by atoms with E-state index in [0.717, 1.165) is 16.8 Å². The normalized spacial score (nSPS) is 15.1. The molecule has 0 saturated heterocycles. The Bertz CT molecular complexity index is 1190. The van der Waals surface area contributed by atoms with Crippen LogP contribution in [-0.4, -0.2) is 33.5 Å². The van der Waals surface area contributed by atoms with Crippen LogP contribution in [0.15, 0.2) is 77.7 Å². The molecule has 0 radical (unpaired) electrons. The van der Waals surface area contributed by atoms with Gasteiger partial charge in [0.25, 0.3) is 11.8 Å². The Morgan fingerprint density at radius 2 is 1.64 bits per heavy atom. The number of nitrogens with one attached hydrogen (secondary N) is 3. The van der Waals surface area contributed by atoms with E-state index >= 15 is 0 Å². The lowest BCUT2D eigenvalue weighted by atomic mass is 9.90. The first-order valence-corrected chi connectivity index (χ1v) is 10.1. The van der Waals surface area contributed by atoms with Crippen LogP contribution in [0, 0.1) is 10.8 Å². The molecule has 0 fully saturated rings. The zero-order chi connectivity index (χ0) is 24.3. The molecule has 0 aromatic heterocycles. The highest BCUT2D eigenvalue weighted by atomic mass is 16.3. The van der Waals surface area contributed by atoms with E-state index in [-0.39, 0.29) is 17.0 Å². The molecule has 2 aromatic rings. The SMILES string of the molecule is CC(C)(C)C(=O)C=C1C(O)=C(C(N)=O)C(=N)N1NC(=O)c1ccccc1Nc1ccccc1. The lowest BCUT2D eigenvalue weighted by Gasteiger charge is -2.23. The molecule has 9 nitrogen and oxygen atoms in total. The molecule has 170 valence electrons. The Kier molecular flexibility index (Phi) is 6.34. The molecule has 0 atom stereocenters. The minimum atomic E-state index is -1.06. The summed E-state index contributed by atoms with van der Waals surface area (Å²) in [5.74, 6) is -3.27. The van der Waals surface area contributed by atoms with E-state index < -0.39 is 34.4 Å². The Labute approximate surface area is 191 Å². The lowest BCUT2D eigenvalue weighted by Crippen LogP contribution is -2.44. The molecule has 1 heterocycles. The number of aliphatic hydroxyl groups excluding tert-OH is 1. The highest BCUT2D eigenvalue weighted by Crippen LogP contribution is 2.29. The molecule has 0 aliphatic carbocycles. The minimum absolute atomic E-state index is 0.212. The van der Waals surface area contributed by atoms with E-state index in [1.54, 1.807) is 45.0 Å². The molecular weight excluding hydrogens is 422 g/mol. The molecule has 6 N–H and O–H groups in total. The summed E-state index contributed by atoms with van der Waals surface area (Å²) in [7, 11) is 0. The van der Waals surface area contributed by atoms with Crippen molar-refractivity contribution in [3.8, 4) is 0 Å². The molecule has 0 unspecified atom stereocenters. The number of primary amides is 1. The summed E-state index contributed by atoms with van der Waals surface area (Å²) in [5, 5.41) is 22.8. The van der Waals surface area contributed by atoms with Crippen molar-refractivity contribution in [2.24, 2.45) is 11.1 Å². The zero-order valence-electron chi connectivity index (χ0n) is 18.5. The van der Waals surface area contributed by atoms with Crippen LogP contribution in [0.2, 0.25) is 0 Å². The van der Waals surface area contributed by atoms with Crippen molar-refractivity contribution in [2.75, 3.05) is 5.32 Å². The molecule has 0 spiro atoms. The van der Waals surface area contributed by atoms with Gasteiger partial charge in [-0.25, -0.2) is 5.01 Å². The topological polar surface area (TPSA) is 149 Å². The van der Waals surface area contributed by atoms with Gasteiger partial charge in [0.05, 0.1) is 11.3 Å². The number of nitrogens with zero attached hydrogens (tertiary/aromatic N) is 1. The number of carbonyl (C=O) groups is 3. The maximum Gasteiger partial charge on any atom is 0.272 e. The second-order valence-electron chi connectivity index (χ2n) is 8.39. The van der Waals surface area contributed by atoms with Crippen LogP contribution < -0.4 is 16.5 Å². The van der Waals surface area contributed by atoms with Crippen molar-refractivity contribution in [3.05, 3.63) is 83.3 Å². The van der Waals surface area contributed by atoms with Gasteiger partial charge in [-0.3, -0.25) is 25.2 Å². The average Bonchev–Trinajstić information content (AvgIpc) is 2.98. The van der Waals surface area contributed by atoms with Crippen molar-refractivity contribution < 1.29 is 19.5 Å². The number of amidine groups is 1. The van der Waals surface area contributed by atoms with Gasteiger partial charge in [0.1, 0.15) is 11.3 Å². The van der Waals surface area contributed by atoms with Gasteiger partial charge in [0, 0.05) is 17.2 Å². The van der Waals surface area contributed by atoms with Crippen LogP contribution in [0.3, 0.4) is 0 Å². The van der Waals surface area contributed by atoms with Gasteiger partial charge in [-0.15, -0.1) is 0 Å². The maximum atomic E-state index is 13.2. The van der Waals surface area contributed by atoms with Gasteiger partial charge in [-0.2, -0.15) is 0 Å². The number of benzene rings is 2. The van der Waals surface area contributed by atoms with E-state index in [0.29, 0.717) is 5.69 Å². The van der Waals surface area contributed by atoms with E-state index in [9.17, 15) is 19.5 Å². The van der Waals surface area contributed by atoms with Crippen molar-refractivity contribution in [1.29, 1.82) is 5.41 Å². The van der Waals surface area contributed by atoms with E-state index in [1.165, 1.54) is 0 Å². The van der Waals surface area contributed by atoms with Crippen molar-refractivity contribution >= 4 is 34.8 Å². The number of hydrogen-bond acceptors (Lipinski definition) is 6. The van der Waals surface area contributed by atoms with Gasteiger partial charge < -0.3 is 16.2 Å². The monoisotopic (exact) mass is 447 g/mol. The first-order valence-electron chi connectivity index (χ1n) is 10.1. The fourth-order valence-corrected chi connectivity index (χ4v) is 3.03. The van der Waals surface area contributed by atoms with Gasteiger partial charge in [0.2, 0.25) is 0 Å². The average molecular weight is 447 g/mol. The number of allylic oxidation sites excluding steroid dienone is 1. The molecule has 2 aromatic carbocycles. The number of aliphatic hydroxyl groups is 1. The Balaban J connectivity index is 1.95. The van der Waals surface area contributed by atoms with Crippen LogP contribution in [0.25, 0.3) is 0 Å². The third-order valence-corrected chi connectivity index (χ3v) is 4.87. The highest BCUT2D eigenvalue weighted by molar-refractivity contribution is 6.23. The standard InChI is InChI=1S/C24H25N5O4/c1-24(2,3)18(30)13-17-20(31)19(22(26)32)21(25)29(17)28-23(33)15-11-7-8-12-16(15)27-14-9-5-4-6-10-14/h4-13,25,27,31H,1-3H3,(H2,26,32)(H,28,33). The van der Waals surface area contributed by atoms with Gasteiger partial charge in [0.15, 0.2) is 17.4 Å². The van der Waals surface area contributed by atoms with Crippen LogP contribution in [0.4, 0.5) is 11.4 Å². The number of para-hydroxylation sites is 2. The fourth-order valence-electron chi connectivity index (χ4n) is 3.03. The molecule has 2 amide bonds. The number of hydrogen-bond donors (Lipinski definition) is 5. The molecule has 3 rings (SSSR count). The van der Waals surface area contributed by atoms with Gasteiger partial charge in [-0.1, -0.05) is 51.1 Å². The zero-order valence-corrected chi connectivity index (χ0v) is 18.5. The predicted octanol–water partition coefficient (Wildman–Crippen LogP) is 3.16. The molecule has 33 heavy (non-hydrogen) atoms. The second kappa shape index (κ2) is 8.99.